The van der Waals surface area contributed by atoms with Crippen LogP contribution in [-0.2, 0) is 0 Å². The lowest BCUT2D eigenvalue weighted by Gasteiger charge is -2.19. The molecule has 0 unspecified atom stereocenters. The van der Waals surface area contributed by atoms with Gasteiger partial charge in [-0.15, -0.1) is 0 Å². The van der Waals surface area contributed by atoms with Crippen molar-refractivity contribution in [2.24, 2.45) is 0 Å². The average Bonchev–Trinajstić information content (AvgIpc) is 3.09. The summed E-state index contributed by atoms with van der Waals surface area (Å²) in [6, 6.07) is 17.9. The predicted molar refractivity (Wildman–Crippen MR) is 101 cm³/mol. The van der Waals surface area contributed by atoms with Crippen LogP contribution in [0.15, 0.2) is 54.7 Å². The molecule has 1 aromatic heterocycles. The molecule has 1 aliphatic rings. The van der Waals surface area contributed by atoms with Gasteiger partial charge in [0.2, 0.25) is 5.69 Å². The molecule has 0 amide bonds. The van der Waals surface area contributed by atoms with E-state index in [1.165, 1.54) is 48.8 Å². The fourth-order valence-corrected chi connectivity index (χ4v) is 3.69. The van der Waals surface area contributed by atoms with Crippen molar-refractivity contribution >= 4 is 0 Å². The number of aromatic nitrogens is 3. The largest absolute Gasteiger partial charge is 0.249 e. The molecule has 1 fully saturated rings. The van der Waals surface area contributed by atoms with Gasteiger partial charge >= 0.3 is 0 Å². The van der Waals surface area contributed by atoms with Gasteiger partial charge in [-0.1, -0.05) is 53.9 Å². The fraction of sp³-hybridized carbons (Fsp3) is 0.364. The second kappa shape index (κ2) is 6.83. The van der Waals surface area contributed by atoms with Gasteiger partial charge in [-0.25, -0.2) is 0 Å². The molecule has 0 bridgehead atoms. The zero-order valence-electron chi connectivity index (χ0n) is 15.2. The van der Waals surface area contributed by atoms with Gasteiger partial charge in [0.1, 0.15) is 11.7 Å². The van der Waals surface area contributed by atoms with E-state index in [1.807, 2.05) is 0 Å². The lowest BCUT2D eigenvalue weighted by molar-refractivity contribution is -0.795. The third-order valence-corrected chi connectivity index (χ3v) is 5.24. The van der Waals surface area contributed by atoms with Crippen LogP contribution >= 0.6 is 0 Å². The van der Waals surface area contributed by atoms with Gasteiger partial charge in [0.25, 0.3) is 0 Å². The van der Waals surface area contributed by atoms with E-state index in [4.69, 9.17) is 5.10 Å². The summed E-state index contributed by atoms with van der Waals surface area (Å²) < 4.78 is 2.36. The normalized spacial score (nSPS) is 15.4. The van der Waals surface area contributed by atoms with Crippen molar-refractivity contribution in [2.45, 2.75) is 52.0 Å². The molecule has 0 atom stereocenters. The maximum absolute atomic E-state index is 4.96. The van der Waals surface area contributed by atoms with Crippen LogP contribution in [0.4, 0.5) is 0 Å². The van der Waals surface area contributed by atoms with E-state index < -0.39 is 0 Å². The molecule has 1 saturated carbocycles. The van der Waals surface area contributed by atoms with Crippen molar-refractivity contribution in [1.82, 2.24) is 9.90 Å². The Balaban J connectivity index is 1.79. The van der Waals surface area contributed by atoms with Crippen molar-refractivity contribution in [3.63, 3.8) is 0 Å². The minimum atomic E-state index is 0.543. The smallest absolute Gasteiger partial charge is 0.152 e. The number of rotatable bonds is 3. The van der Waals surface area contributed by atoms with Crippen molar-refractivity contribution in [2.75, 3.05) is 0 Å². The highest BCUT2D eigenvalue weighted by atomic mass is 15.6. The van der Waals surface area contributed by atoms with Gasteiger partial charge < -0.3 is 0 Å². The quantitative estimate of drug-likeness (QED) is 0.622. The summed E-state index contributed by atoms with van der Waals surface area (Å²) in [5.41, 5.74) is 5.92. The van der Waals surface area contributed by atoms with E-state index >= 15 is 0 Å². The molecule has 25 heavy (non-hydrogen) atoms. The summed E-state index contributed by atoms with van der Waals surface area (Å²) in [4.78, 5) is 2.10. The van der Waals surface area contributed by atoms with E-state index in [1.54, 1.807) is 0 Å². The standard InChI is InChI=1S/C22H26N3/c1-17-8-12-19(13-9-17)22-16-24(20-6-4-3-5-7-20)25(23-22)21-14-10-18(2)11-15-21/h8-16,20H,3-7H2,1-2H3/q+1. The van der Waals surface area contributed by atoms with E-state index in [-0.39, 0.29) is 0 Å². The van der Waals surface area contributed by atoms with Crippen molar-refractivity contribution in [3.8, 4) is 16.9 Å². The minimum absolute atomic E-state index is 0.543. The molecule has 4 rings (SSSR count). The second-order valence-electron chi connectivity index (χ2n) is 7.28. The first-order valence-electron chi connectivity index (χ1n) is 9.36. The molecule has 0 aliphatic heterocycles. The summed E-state index contributed by atoms with van der Waals surface area (Å²) in [5, 5.41) is 4.96. The number of hydrogen-bond donors (Lipinski definition) is 0. The molecule has 3 aromatic rings. The summed E-state index contributed by atoms with van der Waals surface area (Å²) in [6.45, 7) is 4.25. The number of benzene rings is 2. The molecule has 0 saturated heterocycles. The van der Waals surface area contributed by atoms with Gasteiger partial charge in [-0.2, -0.15) is 4.68 Å². The molecule has 1 heterocycles. The monoisotopic (exact) mass is 332 g/mol. The van der Waals surface area contributed by atoms with Crippen LogP contribution in [0, 0.1) is 13.8 Å². The Morgan fingerprint density at radius 1 is 0.840 bits per heavy atom. The summed E-state index contributed by atoms with van der Waals surface area (Å²) in [6.07, 6.45) is 8.72. The Morgan fingerprint density at radius 3 is 2.08 bits per heavy atom. The number of hydrogen-bond acceptors (Lipinski definition) is 1. The Hall–Kier alpha value is -2.42. The van der Waals surface area contributed by atoms with Crippen LogP contribution in [-0.4, -0.2) is 9.90 Å². The predicted octanol–water partition coefficient (Wildman–Crippen LogP) is 4.95. The summed E-state index contributed by atoms with van der Waals surface area (Å²) >= 11 is 0. The van der Waals surface area contributed by atoms with E-state index in [2.05, 4.69) is 78.1 Å². The third-order valence-electron chi connectivity index (χ3n) is 5.24. The number of aryl methyl sites for hydroxylation is 2. The van der Waals surface area contributed by atoms with Crippen LogP contribution in [0.25, 0.3) is 16.9 Å². The molecule has 3 heteroatoms. The molecule has 128 valence electrons. The SMILES string of the molecule is Cc1ccc(-c2c[n+](C3CCCCC3)n(-c3ccc(C)cc3)n2)cc1. The molecule has 0 N–H and O–H groups in total. The molecule has 2 aromatic carbocycles. The van der Waals surface area contributed by atoms with E-state index in [0.717, 1.165) is 11.4 Å². The lowest BCUT2D eigenvalue weighted by atomic mass is 9.96. The zero-order chi connectivity index (χ0) is 17.2. The molecule has 1 aliphatic carbocycles. The van der Waals surface area contributed by atoms with Crippen LogP contribution in [0.1, 0.15) is 49.3 Å². The highest BCUT2D eigenvalue weighted by Gasteiger charge is 2.27. The summed E-state index contributed by atoms with van der Waals surface area (Å²) in [5.74, 6) is 0. The van der Waals surface area contributed by atoms with Gasteiger partial charge in [0, 0.05) is 5.56 Å². The van der Waals surface area contributed by atoms with E-state index in [9.17, 15) is 0 Å². The minimum Gasteiger partial charge on any atom is -0.152 e. The first kappa shape index (κ1) is 16.1. The lowest BCUT2D eigenvalue weighted by Crippen LogP contribution is -2.47. The van der Waals surface area contributed by atoms with Crippen molar-refractivity contribution in [3.05, 3.63) is 65.9 Å². The Kier molecular flexibility index (Phi) is 4.39. The Bertz CT molecular complexity index is 838. The molecule has 0 radical (unpaired) electrons. The molecule has 3 nitrogen and oxygen atoms in total. The van der Waals surface area contributed by atoms with Crippen molar-refractivity contribution in [1.29, 1.82) is 0 Å². The molecular weight excluding hydrogens is 306 g/mol. The Labute approximate surface area is 149 Å². The molecule has 0 spiro atoms. The molecular formula is C22H26N3+. The van der Waals surface area contributed by atoms with Crippen LogP contribution in [0.3, 0.4) is 0 Å². The van der Waals surface area contributed by atoms with Crippen LogP contribution in [0.2, 0.25) is 0 Å². The maximum Gasteiger partial charge on any atom is 0.249 e. The fourth-order valence-electron chi connectivity index (χ4n) is 3.69. The second-order valence-corrected chi connectivity index (χ2v) is 7.28. The van der Waals surface area contributed by atoms with Crippen LogP contribution in [0.5, 0.6) is 0 Å². The van der Waals surface area contributed by atoms with E-state index in [0.29, 0.717) is 6.04 Å². The van der Waals surface area contributed by atoms with Gasteiger partial charge in [0.15, 0.2) is 6.20 Å². The first-order chi connectivity index (χ1) is 12.2. The average molecular weight is 332 g/mol. The van der Waals surface area contributed by atoms with Crippen molar-refractivity contribution < 1.29 is 4.68 Å². The third kappa shape index (κ3) is 3.37. The van der Waals surface area contributed by atoms with Gasteiger partial charge in [0.05, 0.1) is 5.10 Å². The van der Waals surface area contributed by atoms with Gasteiger partial charge in [-0.3, -0.25) is 0 Å². The highest BCUT2D eigenvalue weighted by molar-refractivity contribution is 5.57. The van der Waals surface area contributed by atoms with Crippen LogP contribution < -0.4 is 4.68 Å². The topological polar surface area (TPSA) is 21.7 Å². The zero-order valence-corrected chi connectivity index (χ0v) is 15.2. The first-order valence-corrected chi connectivity index (χ1v) is 9.36. The Morgan fingerprint density at radius 2 is 1.44 bits per heavy atom. The maximum atomic E-state index is 4.96. The summed E-state index contributed by atoms with van der Waals surface area (Å²) in [7, 11) is 0. The van der Waals surface area contributed by atoms with Gasteiger partial charge in [-0.05, 0) is 56.5 Å². The highest BCUT2D eigenvalue weighted by Crippen LogP contribution is 2.25. The number of nitrogens with zero attached hydrogens (tertiary/aromatic N) is 3.